The second-order valence-corrected chi connectivity index (χ2v) is 9.96. The number of hydrogen-bond acceptors (Lipinski definition) is 4. The van der Waals surface area contributed by atoms with Crippen LogP contribution in [0.25, 0.3) is 11.0 Å². The lowest BCUT2D eigenvalue weighted by Gasteiger charge is -2.18. The Morgan fingerprint density at radius 1 is 1.15 bits per heavy atom. The number of halogens is 2. The molecule has 34 heavy (non-hydrogen) atoms. The molecule has 0 saturated carbocycles. The van der Waals surface area contributed by atoms with Gasteiger partial charge in [0.1, 0.15) is 11.6 Å². The molecule has 176 valence electrons. The van der Waals surface area contributed by atoms with Crippen LogP contribution >= 0.6 is 22.9 Å². The van der Waals surface area contributed by atoms with Crippen molar-refractivity contribution in [3.05, 3.63) is 81.2 Å². The molecule has 2 aromatic heterocycles. The van der Waals surface area contributed by atoms with E-state index in [1.807, 2.05) is 31.2 Å². The maximum atomic E-state index is 13.3. The number of thiophene rings is 1. The average molecular weight is 499 g/mol. The molecule has 0 bridgehead atoms. The number of nitrogens with one attached hydrogen (secondary N) is 3. The Hall–Kier alpha value is -3.23. The van der Waals surface area contributed by atoms with Gasteiger partial charge < -0.3 is 15.6 Å². The quantitative estimate of drug-likeness (QED) is 0.272. The summed E-state index contributed by atoms with van der Waals surface area (Å²) in [7, 11) is 0. The van der Waals surface area contributed by atoms with Gasteiger partial charge in [-0.05, 0) is 61.2 Å². The van der Waals surface area contributed by atoms with Gasteiger partial charge in [0, 0.05) is 0 Å². The summed E-state index contributed by atoms with van der Waals surface area (Å²) in [6.45, 7) is 5.99. The van der Waals surface area contributed by atoms with Gasteiger partial charge in [-0.15, -0.1) is 11.3 Å². The van der Waals surface area contributed by atoms with Gasteiger partial charge in [-0.1, -0.05) is 37.6 Å². The van der Waals surface area contributed by atoms with Crippen molar-refractivity contribution < 1.29 is 14.0 Å². The van der Waals surface area contributed by atoms with Crippen LogP contribution in [0.15, 0.2) is 48.5 Å². The monoisotopic (exact) mass is 498 g/mol. The van der Waals surface area contributed by atoms with Gasteiger partial charge in [-0.25, -0.2) is 9.37 Å². The zero-order valence-corrected chi connectivity index (χ0v) is 20.5. The molecule has 0 radical (unpaired) electrons. The SMILES string of the molecule is Cc1cc(NC(=O)c2ccc(F)cc2Cl)sc1C(=O)NC(CC(C)C)c1nc2ccccc2[nH]1. The highest BCUT2D eigenvalue weighted by Crippen LogP contribution is 2.29. The first kappa shape index (κ1) is 23.9. The molecule has 4 aromatic rings. The third-order valence-electron chi connectivity index (χ3n) is 5.29. The second kappa shape index (κ2) is 9.95. The Kier molecular flexibility index (Phi) is 7.00. The number of fused-ring (bicyclic) bond motifs is 1. The van der Waals surface area contributed by atoms with Crippen molar-refractivity contribution in [2.24, 2.45) is 5.92 Å². The summed E-state index contributed by atoms with van der Waals surface area (Å²) in [5.74, 6) is -0.199. The maximum Gasteiger partial charge on any atom is 0.262 e. The van der Waals surface area contributed by atoms with Crippen molar-refractivity contribution >= 4 is 50.8 Å². The highest BCUT2D eigenvalue weighted by Gasteiger charge is 2.23. The van der Waals surface area contributed by atoms with E-state index in [2.05, 4.69) is 34.4 Å². The fourth-order valence-corrected chi connectivity index (χ4v) is 4.92. The molecular formula is C25H24ClFN4O2S. The number of benzene rings is 2. The van der Waals surface area contributed by atoms with Gasteiger partial charge >= 0.3 is 0 Å². The Morgan fingerprint density at radius 2 is 1.91 bits per heavy atom. The van der Waals surface area contributed by atoms with Crippen molar-refractivity contribution in [3.8, 4) is 0 Å². The summed E-state index contributed by atoms with van der Waals surface area (Å²) in [6.07, 6.45) is 0.711. The van der Waals surface area contributed by atoms with E-state index in [0.29, 0.717) is 28.0 Å². The van der Waals surface area contributed by atoms with Gasteiger partial charge in [0.2, 0.25) is 0 Å². The van der Waals surface area contributed by atoms with Crippen LogP contribution < -0.4 is 10.6 Å². The fourth-order valence-electron chi connectivity index (χ4n) is 3.69. The van der Waals surface area contributed by atoms with E-state index < -0.39 is 11.7 Å². The third-order valence-corrected chi connectivity index (χ3v) is 6.75. The van der Waals surface area contributed by atoms with Crippen LogP contribution in [0.2, 0.25) is 5.02 Å². The number of para-hydroxylation sites is 2. The molecule has 2 heterocycles. The Bertz CT molecular complexity index is 1330. The highest BCUT2D eigenvalue weighted by atomic mass is 35.5. The molecule has 2 amide bonds. The number of nitrogens with zero attached hydrogens (tertiary/aromatic N) is 1. The molecule has 9 heteroatoms. The number of H-pyrrole nitrogens is 1. The molecule has 0 fully saturated rings. The number of amides is 2. The van der Waals surface area contributed by atoms with E-state index >= 15 is 0 Å². The lowest BCUT2D eigenvalue weighted by atomic mass is 10.0. The number of carbonyl (C=O) groups excluding carboxylic acids is 2. The lowest BCUT2D eigenvalue weighted by molar-refractivity contribution is 0.0933. The average Bonchev–Trinajstić information content (AvgIpc) is 3.36. The van der Waals surface area contributed by atoms with Crippen LogP contribution in [0.3, 0.4) is 0 Å². The Morgan fingerprint density at radius 3 is 2.62 bits per heavy atom. The predicted octanol–water partition coefficient (Wildman–Crippen LogP) is 6.49. The molecule has 0 spiro atoms. The first-order chi connectivity index (χ1) is 16.2. The van der Waals surface area contributed by atoms with Crippen molar-refractivity contribution in [1.29, 1.82) is 0 Å². The van der Waals surface area contributed by atoms with Gasteiger partial charge in [0.15, 0.2) is 0 Å². The summed E-state index contributed by atoms with van der Waals surface area (Å²) in [5.41, 5.74) is 2.65. The molecule has 0 saturated heterocycles. The van der Waals surface area contributed by atoms with Gasteiger partial charge in [-0.2, -0.15) is 0 Å². The van der Waals surface area contributed by atoms with Crippen LogP contribution in [0, 0.1) is 18.7 Å². The topological polar surface area (TPSA) is 86.9 Å². The van der Waals surface area contributed by atoms with Gasteiger partial charge in [0.05, 0.1) is 37.5 Å². The van der Waals surface area contributed by atoms with Gasteiger partial charge in [-0.3, -0.25) is 9.59 Å². The van der Waals surface area contributed by atoms with Crippen LogP contribution in [0.5, 0.6) is 0 Å². The van der Waals surface area contributed by atoms with E-state index in [4.69, 9.17) is 11.6 Å². The minimum Gasteiger partial charge on any atom is -0.341 e. The third kappa shape index (κ3) is 5.29. The van der Waals surface area contributed by atoms with Crippen molar-refractivity contribution in [2.75, 3.05) is 5.32 Å². The molecule has 1 atom stereocenters. The number of carbonyl (C=O) groups is 2. The molecule has 3 N–H and O–H groups in total. The summed E-state index contributed by atoms with van der Waals surface area (Å²) >= 11 is 7.16. The highest BCUT2D eigenvalue weighted by molar-refractivity contribution is 7.18. The van der Waals surface area contributed by atoms with Crippen LogP contribution in [0.4, 0.5) is 9.39 Å². The lowest BCUT2D eigenvalue weighted by Crippen LogP contribution is -2.30. The van der Waals surface area contributed by atoms with E-state index in [1.54, 1.807) is 6.07 Å². The van der Waals surface area contributed by atoms with Crippen molar-refractivity contribution in [2.45, 2.75) is 33.2 Å². The van der Waals surface area contributed by atoms with Crippen LogP contribution in [-0.2, 0) is 0 Å². The summed E-state index contributed by atoms with van der Waals surface area (Å²) in [4.78, 5) is 34.2. The zero-order valence-electron chi connectivity index (χ0n) is 18.9. The number of aromatic amines is 1. The van der Waals surface area contributed by atoms with Gasteiger partial charge in [0.25, 0.3) is 11.8 Å². The molecule has 2 aromatic carbocycles. The van der Waals surface area contributed by atoms with Crippen LogP contribution in [-0.4, -0.2) is 21.8 Å². The summed E-state index contributed by atoms with van der Waals surface area (Å²) in [6, 6.07) is 12.8. The molecule has 0 aliphatic carbocycles. The minimum absolute atomic E-state index is 0.0195. The van der Waals surface area contributed by atoms with Crippen LogP contribution in [0.1, 0.15) is 57.7 Å². The van der Waals surface area contributed by atoms with E-state index in [1.165, 1.54) is 23.5 Å². The Labute approximate surface area is 205 Å². The Balaban J connectivity index is 1.53. The predicted molar refractivity (Wildman–Crippen MR) is 134 cm³/mol. The number of aryl methyl sites for hydroxylation is 1. The number of hydrogen-bond donors (Lipinski definition) is 3. The zero-order chi connectivity index (χ0) is 24.4. The largest absolute Gasteiger partial charge is 0.341 e. The van der Waals surface area contributed by atoms with Crippen molar-refractivity contribution in [1.82, 2.24) is 15.3 Å². The first-order valence-corrected chi connectivity index (χ1v) is 12.0. The first-order valence-electron chi connectivity index (χ1n) is 10.8. The summed E-state index contributed by atoms with van der Waals surface area (Å²) < 4.78 is 13.3. The molecule has 4 rings (SSSR count). The molecule has 0 aliphatic rings. The number of imidazole rings is 1. The van der Waals surface area contributed by atoms with E-state index in [0.717, 1.165) is 22.7 Å². The normalized spacial score (nSPS) is 12.2. The van der Waals surface area contributed by atoms with E-state index in [-0.39, 0.29) is 22.5 Å². The molecule has 6 nitrogen and oxygen atoms in total. The second-order valence-electron chi connectivity index (χ2n) is 8.50. The van der Waals surface area contributed by atoms with Crippen molar-refractivity contribution in [3.63, 3.8) is 0 Å². The number of anilines is 1. The molecule has 1 unspecified atom stereocenters. The number of rotatable bonds is 7. The molecular weight excluding hydrogens is 475 g/mol. The standard InChI is InChI=1S/C25H24ClFN4O2S/c1-13(2)10-20(23-28-18-6-4-5-7-19(18)29-23)30-25(33)22-14(3)11-21(34-22)31-24(32)16-9-8-15(27)12-17(16)26/h4-9,11-13,20H,10H2,1-3H3,(H,28,29)(H,30,33)(H,31,32). The molecule has 0 aliphatic heterocycles. The smallest absolute Gasteiger partial charge is 0.262 e. The summed E-state index contributed by atoms with van der Waals surface area (Å²) in [5, 5.41) is 6.36. The maximum absolute atomic E-state index is 13.3. The number of aromatic nitrogens is 2. The minimum atomic E-state index is -0.520. The fraction of sp³-hybridized carbons (Fsp3) is 0.240. The van der Waals surface area contributed by atoms with E-state index in [9.17, 15) is 14.0 Å².